The van der Waals surface area contributed by atoms with Crippen LogP contribution in [0.3, 0.4) is 0 Å². The Hall–Kier alpha value is -0.950. The van der Waals surface area contributed by atoms with Gasteiger partial charge >= 0.3 is 0 Å². The number of nitrogens with zero attached hydrogens (tertiary/aromatic N) is 3. The standard InChI is InChI=1S/C13H20N4OS.ClH/c1-13(2,8-14)9-17(3)7-11-15-12(16-18-11)10-5-4-6-19-10;/h4-6H,7-9,14H2,1-3H3;1H. The molecular weight excluding hydrogens is 296 g/mol. The minimum atomic E-state index is 0. The van der Waals surface area contributed by atoms with Crippen LogP contribution < -0.4 is 5.73 Å². The minimum absolute atomic E-state index is 0. The number of thiophene rings is 1. The molecule has 0 aliphatic carbocycles. The fourth-order valence-corrected chi connectivity index (χ4v) is 2.56. The van der Waals surface area contributed by atoms with Gasteiger partial charge in [-0.2, -0.15) is 4.98 Å². The lowest BCUT2D eigenvalue weighted by Crippen LogP contribution is -2.36. The van der Waals surface area contributed by atoms with E-state index < -0.39 is 0 Å². The van der Waals surface area contributed by atoms with Crippen molar-refractivity contribution < 1.29 is 4.52 Å². The van der Waals surface area contributed by atoms with Gasteiger partial charge < -0.3 is 10.3 Å². The van der Waals surface area contributed by atoms with Crippen molar-refractivity contribution in [2.24, 2.45) is 11.1 Å². The summed E-state index contributed by atoms with van der Waals surface area (Å²) < 4.78 is 5.28. The van der Waals surface area contributed by atoms with Crippen LogP contribution in [0.25, 0.3) is 10.7 Å². The highest BCUT2D eigenvalue weighted by molar-refractivity contribution is 7.13. The van der Waals surface area contributed by atoms with Gasteiger partial charge in [-0.15, -0.1) is 23.7 Å². The van der Waals surface area contributed by atoms with Crippen LogP contribution in [0, 0.1) is 5.41 Å². The second kappa shape index (κ2) is 7.17. The summed E-state index contributed by atoms with van der Waals surface area (Å²) in [5, 5.41) is 6.00. The van der Waals surface area contributed by atoms with Crippen molar-refractivity contribution >= 4 is 23.7 Å². The summed E-state index contributed by atoms with van der Waals surface area (Å²) in [7, 11) is 2.03. The van der Waals surface area contributed by atoms with Crippen molar-refractivity contribution in [3.05, 3.63) is 23.4 Å². The number of nitrogens with two attached hydrogens (primary N) is 1. The molecule has 0 bridgehead atoms. The third-order valence-electron chi connectivity index (χ3n) is 2.87. The number of halogens is 1. The lowest BCUT2D eigenvalue weighted by molar-refractivity contribution is 0.189. The molecule has 0 amide bonds. The Morgan fingerprint density at radius 3 is 2.80 bits per heavy atom. The van der Waals surface area contributed by atoms with Crippen LogP contribution >= 0.6 is 23.7 Å². The smallest absolute Gasteiger partial charge is 0.241 e. The van der Waals surface area contributed by atoms with E-state index in [0.29, 0.717) is 24.8 Å². The highest BCUT2D eigenvalue weighted by atomic mass is 35.5. The van der Waals surface area contributed by atoms with E-state index >= 15 is 0 Å². The maximum atomic E-state index is 5.74. The van der Waals surface area contributed by atoms with E-state index in [9.17, 15) is 0 Å². The fourth-order valence-electron chi connectivity index (χ4n) is 1.91. The Morgan fingerprint density at radius 2 is 2.20 bits per heavy atom. The van der Waals surface area contributed by atoms with Crippen molar-refractivity contribution in [3.8, 4) is 10.7 Å². The van der Waals surface area contributed by atoms with Crippen molar-refractivity contribution in [1.29, 1.82) is 0 Å². The summed E-state index contributed by atoms with van der Waals surface area (Å²) >= 11 is 1.61. The second-order valence-corrected chi connectivity index (χ2v) is 6.48. The molecule has 0 aromatic carbocycles. The Balaban J connectivity index is 0.00000200. The van der Waals surface area contributed by atoms with Crippen LogP contribution in [0.2, 0.25) is 0 Å². The zero-order valence-electron chi connectivity index (χ0n) is 12.0. The van der Waals surface area contributed by atoms with Crippen LogP contribution in [0.15, 0.2) is 22.0 Å². The van der Waals surface area contributed by atoms with Gasteiger partial charge in [0.25, 0.3) is 0 Å². The minimum Gasteiger partial charge on any atom is -0.338 e. The van der Waals surface area contributed by atoms with Crippen LogP contribution in [-0.4, -0.2) is 35.2 Å². The molecule has 7 heteroatoms. The van der Waals surface area contributed by atoms with Gasteiger partial charge in [0.15, 0.2) is 0 Å². The van der Waals surface area contributed by atoms with E-state index in [1.54, 1.807) is 11.3 Å². The molecule has 2 rings (SSSR count). The van der Waals surface area contributed by atoms with Crippen LogP contribution in [0.1, 0.15) is 19.7 Å². The number of rotatable bonds is 6. The first-order valence-corrected chi connectivity index (χ1v) is 7.13. The quantitative estimate of drug-likeness (QED) is 0.887. The largest absolute Gasteiger partial charge is 0.338 e. The Labute approximate surface area is 129 Å². The van der Waals surface area contributed by atoms with Crippen molar-refractivity contribution in [1.82, 2.24) is 15.0 Å². The zero-order valence-corrected chi connectivity index (χ0v) is 13.6. The van der Waals surface area contributed by atoms with Gasteiger partial charge in [-0.1, -0.05) is 25.1 Å². The highest BCUT2D eigenvalue weighted by Crippen LogP contribution is 2.22. The van der Waals surface area contributed by atoms with Crippen molar-refractivity contribution in [3.63, 3.8) is 0 Å². The van der Waals surface area contributed by atoms with Gasteiger partial charge in [-0.05, 0) is 30.5 Å². The van der Waals surface area contributed by atoms with Gasteiger partial charge in [0.2, 0.25) is 11.7 Å². The summed E-state index contributed by atoms with van der Waals surface area (Å²) in [5.41, 5.74) is 5.83. The molecule has 20 heavy (non-hydrogen) atoms. The van der Waals surface area contributed by atoms with Gasteiger partial charge in [-0.3, -0.25) is 4.90 Å². The Bertz CT molecular complexity index is 512. The molecule has 2 N–H and O–H groups in total. The third kappa shape index (κ3) is 4.56. The molecule has 0 saturated heterocycles. The SMILES string of the molecule is CN(Cc1nc(-c2cccs2)no1)CC(C)(C)CN.Cl. The predicted octanol–water partition coefficient (Wildman–Crippen LogP) is 2.64. The van der Waals surface area contributed by atoms with E-state index in [4.69, 9.17) is 10.3 Å². The average molecular weight is 317 g/mol. The maximum Gasteiger partial charge on any atom is 0.241 e. The first kappa shape index (κ1) is 17.1. The van der Waals surface area contributed by atoms with Crippen molar-refractivity contribution in [2.75, 3.05) is 20.1 Å². The molecule has 0 aliphatic heterocycles. The van der Waals surface area contributed by atoms with E-state index in [0.717, 1.165) is 11.4 Å². The van der Waals surface area contributed by atoms with Crippen molar-refractivity contribution in [2.45, 2.75) is 20.4 Å². The summed E-state index contributed by atoms with van der Waals surface area (Å²) in [4.78, 5) is 7.59. The molecule has 0 aliphatic rings. The first-order valence-electron chi connectivity index (χ1n) is 6.25. The lowest BCUT2D eigenvalue weighted by atomic mass is 9.93. The monoisotopic (exact) mass is 316 g/mol. The lowest BCUT2D eigenvalue weighted by Gasteiger charge is -2.27. The molecule has 5 nitrogen and oxygen atoms in total. The van der Waals surface area contributed by atoms with Gasteiger partial charge in [0.1, 0.15) is 0 Å². The predicted molar refractivity (Wildman–Crippen MR) is 84.0 cm³/mol. The van der Waals surface area contributed by atoms with E-state index in [-0.39, 0.29) is 17.8 Å². The van der Waals surface area contributed by atoms with Gasteiger partial charge in [0.05, 0.1) is 11.4 Å². The molecule has 0 spiro atoms. The van der Waals surface area contributed by atoms with E-state index in [1.807, 2.05) is 24.6 Å². The van der Waals surface area contributed by atoms with E-state index in [1.165, 1.54) is 0 Å². The molecular formula is C13H21ClN4OS. The van der Waals surface area contributed by atoms with Crippen LogP contribution in [0.5, 0.6) is 0 Å². The molecule has 112 valence electrons. The normalized spacial score (nSPS) is 11.7. The molecule has 2 aromatic rings. The topological polar surface area (TPSA) is 68.2 Å². The van der Waals surface area contributed by atoms with Crippen LogP contribution in [0.4, 0.5) is 0 Å². The zero-order chi connectivity index (χ0) is 13.9. The first-order chi connectivity index (χ1) is 9.00. The summed E-state index contributed by atoms with van der Waals surface area (Å²) in [6, 6.07) is 3.96. The maximum absolute atomic E-state index is 5.74. The molecule has 0 atom stereocenters. The third-order valence-corrected chi connectivity index (χ3v) is 3.73. The number of hydrogen-bond donors (Lipinski definition) is 1. The molecule has 0 saturated carbocycles. The molecule has 2 aromatic heterocycles. The number of aromatic nitrogens is 2. The van der Waals surface area contributed by atoms with Crippen LogP contribution in [-0.2, 0) is 6.54 Å². The number of hydrogen-bond acceptors (Lipinski definition) is 6. The Kier molecular flexibility index (Phi) is 6.13. The Morgan fingerprint density at radius 1 is 1.45 bits per heavy atom. The summed E-state index contributed by atoms with van der Waals surface area (Å²) in [6.45, 7) is 6.48. The van der Waals surface area contributed by atoms with Gasteiger partial charge in [0, 0.05) is 6.54 Å². The molecule has 0 fully saturated rings. The highest BCUT2D eigenvalue weighted by Gasteiger charge is 2.19. The molecule has 0 radical (unpaired) electrons. The average Bonchev–Trinajstić information content (AvgIpc) is 2.97. The molecule has 2 heterocycles. The summed E-state index contributed by atoms with van der Waals surface area (Å²) in [6.07, 6.45) is 0. The van der Waals surface area contributed by atoms with Gasteiger partial charge in [-0.25, -0.2) is 0 Å². The summed E-state index contributed by atoms with van der Waals surface area (Å²) in [5.74, 6) is 1.30. The molecule has 0 unspecified atom stereocenters. The van der Waals surface area contributed by atoms with E-state index in [2.05, 4.69) is 28.9 Å². The second-order valence-electron chi connectivity index (χ2n) is 5.53. The fraction of sp³-hybridized carbons (Fsp3) is 0.538.